The molecular weight excluding hydrogens is 469 g/mol. The number of halogens is 2. The maximum Gasteiger partial charge on any atom is 0.232 e. The van der Waals surface area contributed by atoms with E-state index in [9.17, 15) is 4.79 Å². The summed E-state index contributed by atoms with van der Waals surface area (Å²) in [6.45, 7) is 7.91. The van der Waals surface area contributed by atoms with Gasteiger partial charge in [-0.1, -0.05) is 67.4 Å². The van der Waals surface area contributed by atoms with Crippen LogP contribution in [-0.4, -0.2) is 17.4 Å². The zero-order chi connectivity index (χ0) is 24.0. The molecule has 34 heavy (non-hydrogen) atoms. The maximum absolute atomic E-state index is 13.2. The Morgan fingerprint density at radius 1 is 1.06 bits per heavy atom. The molecule has 0 radical (unpaired) electrons. The molecule has 5 rings (SSSR count). The summed E-state index contributed by atoms with van der Waals surface area (Å²) in [5.74, 6) is 2.06. The molecule has 0 fully saturated rings. The summed E-state index contributed by atoms with van der Waals surface area (Å²) in [5, 5.41) is 1.06. The van der Waals surface area contributed by atoms with Crippen LogP contribution in [0, 0.1) is 6.92 Å². The first-order valence-electron chi connectivity index (χ1n) is 11.3. The van der Waals surface area contributed by atoms with Gasteiger partial charge in [0.1, 0.15) is 18.2 Å². The highest BCUT2D eigenvalue weighted by Crippen LogP contribution is 2.44. The molecule has 0 aromatic heterocycles. The molecule has 0 N–H and O–H groups in total. The quantitative estimate of drug-likeness (QED) is 0.355. The molecule has 0 bridgehead atoms. The van der Waals surface area contributed by atoms with Gasteiger partial charge in [-0.2, -0.15) is 0 Å². The summed E-state index contributed by atoms with van der Waals surface area (Å²) in [6, 6.07) is 15.8. The number of hydrogen-bond acceptors (Lipinski definition) is 4. The average Bonchev–Trinajstić information content (AvgIpc) is 3.14. The van der Waals surface area contributed by atoms with Crippen LogP contribution in [0.5, 0.6) is 11.5 Å². The molecule has 2 aliphatic rings. The van der Waals surface area contributed by atoms with Crippen molar-refractivity contribution in [2.75, 3.05) is 6.73 Å². The Hall–Kier alpha value is -2.79. The van der Waals surface area contributed by atoms with Gasteiger partial charge in [0.25, 0.3) is 0 Å². The highest BCUT2D eigenvalue weighted by molar-refractivity contribution is 6.42. The number of allylic oxidation sites excluding steroid dienone is 1. The second-order valence-electron chi connectivity index (χ2n) is 9.14. The molecule has 0 amide bonds. The second-order valence-corrected chi connectivity index (χ2v) is 9.96. The van der Waals surface area contributed by atoms with Crippen molar-refractivity contribution in [2.24, 2.45) is 0 Å². The van der Waals surface area contributed by atoms with Crippen molar-refractivity contribution in [3.63, 3.8) is 0 Å². The fourth-order valence-electron chi connectivity index (χ4n) is 4.40. The minimum Gasteiger partial charge on any atom is -0.478 e. The van der Waals surface area contributed by atoms with E-state index < -0.39 is 0 Å². The Labute approximate surface area is 209 Å². The summed E-state index contributed by atoms with van der Waals surface area (Å²) >= 11 is 12.2. The normalized spacial score (nSPS) is 16.4. The van der Waals surface area contributed by atoms with Gasteiger partial charge >= 0.3 is 0 Å². The molecule has 0 saturated heterocycles. The minimum absolute atomic E-state index is 0.0927. The van der Waals surface area contributed by atoms with Gasteiger partial charge in [-0.05, 0) is 59.4 Å². The van der Waals surface area contributed by atoms with E-state index in [2.05, 4.69) is 30.9 Å². The topological polar surface area (TPSA) is 38.8 Å². The number of ketones is 1. The summed E-state index contributed by atoms with van der Waals surface area (Å²) in [4.78, 5) is 15.4. The number of ether oxygens (including phenoxy) is 2. The van der Waals surface area contributed by atoms with Crippen molar-refractivity contribution in [3.8, 4) is 11.5 Å². The molecule has 174 valence electrons. The van der Waals surface area contributed by atoms with Crippen LogP contribution in [0.25, 0.3) is 6.08 Å². The van der Waals surface area contributed by atoms with Crippen molar-refractivity contribution in [2.45, 2.75) is 39.8 Å². The Morgan fingerprint density at radius 3 is 2.53 bits per heavy atom. The minimum atomic E-state index is -0.0927. The maximum atomic E-state index is 13.2. The Kier molecular flexibility index (Phi) is 6.15. The lowest BCUT2D eigenvalue weighted by Crippen LogP contribution is -2.31. The zero-order valence-corrected chi connectivity index (χ0v) is 20.8. The fourth-order valence-corrected chi connectivity index (χ4v) is 4.72. The van der Waals surface area contributed by atoms with Gasteiger partial charge in [0.05, 0.1) is 21.2 Å². The van der Waals surface area contributed by atoms with Crippen LogP contribution in [-0.2, 0) is 13.1 Å². The molecule has 3 aromatic rings. The third kappa shape index (κ3) is 4.34. The predicted molar refractivity (Wildman–Crippen MR) is 136 cm³/mol. The van der Waals surface area contributed by atoms with Gasteiger partial charge in [0.2, 0.25) is 5.78 Å². The lowest BCUT2D eigenvalue weighted by molar-refractivity contribution is 0.0872. The zero-order valence-electron chi connectivity index (χ0n) is 19.3. The lowest BCUT2D eigenvalue weighted by atomic mass is 9.98. The van der Waals surface area contributed by atoms with E-state index in [1.807, 2.05) is 43.3 Å². The molecule has 0 atom stereocenters. The van der Waals surface area contributed by atoms with Gasteiger partial charge < -0.3 is 9.47 Å². The van der Waals surface area contributed by atoms with Gasteiger partial charge in [-0.3, -0.25) is 9.69 Å². The van der Waals surface area contributed by atoms with E-state index in [1.54, 1.807) is 6.07 Å². The van der Waals surface area contributed by atoms with Crippen LogP contribution in [0.15, 0.2) is 54.3 Å². The van der Waals surface area contributed by atoms with Crippen LogP contribution in [0.1, 0.15) is 57.9 Å². The van der Waals surface area contributed by atoms with E-state index in [0.717, 1.165) is 28.0 Å². The molecule has 6 heteroatoms. The van der Waals surface area contributed by atoms with E-state index >= 15 is 0 Å². The van der Waals surface area contributed by atoms with E-state index in [1.165, 1.54) is 5.56 Å². The Morgan fingerprint density at radius 2 is 1.82 bits per heavy atom. The summed E-state index contributed by atoms with van der Waals surface area (Å²) in [6.07, 6.45) is 1.81. The Balaban J connectivity index is 1.42. The van der Waals surface area contributed by atoms with Gasteiger partial charge in [-0.25, -0.2) is 0 Å². The summed E-state index contributed by atoms with van der Waals surface area (Å²) in [7, 11) is 0. The first-order chi connectivity index (χ1) is 16.3. The number of aryl methyl sites for hydroxylation is 1. The Bertz CT molecular complexity index is 1310. The molecule has 2 heterocycles. The number of benzene rings is 3. The van der Waals surface area contributed by atoms with Crippen LogP contribution >= 0.6 is 23.2 Å². The van der Waals surface area contributed by atoms with E-state index in [0.29, 0.717) is 52.9 Å². The number of rotatable bonds is 4. The molecular formula is C28H25Cl2NO3. The number of carbonyl (C=O) groups is 1. The smallest absolute Gasteiger partial charge is 0.232 e. The lowest BCUT2D eigenvalue weighted by Gasteiger charge is -2.30. The molecule has 0 aliphatic carbocycles. The SMILES string of the molecule is Cc1cc2c(c3c1C(=O)/C(=C/c1ccc(C(C)C)cc1)O3)CN(Cc1ccc(Cl)c(Cl)c1)CO2. The van der Waals surface area contributed by atoms with E-state index in [-0.39, 0.29) is 5.78 Å². The van der Waals surface area contributed by atoms with Crippen molar-refractivity contribution in [3.05, 3.63) is 97.7 Å². The predicted octanol–water partition coefficient (Wildman–Crippen LogP) is 7.39. The molecule has 3 aromatic carbocycles. The molecule has 0 spiro atoms. The molecule has 4 nitrogen and oxygen atoms in total. The summed E-state index contributed by atoms with van der Waals surface area (Å²) in [5.41, 5.74) is 5.59. The summed E-state index contributed by atoms with van der Waals surface area (Å²) < 4.78 is 12.2. The first-order valence-corrected chi connectivity index (χ1v) is 12.1. The van der Waals surface area contributed by atoms with Crippen molar-refractivity contribution in [1.29, 1.82) is 0 Å². The van der Waals surface area contributed by atoms with Crippen molar-refractivity contribution >= 4 is 35.1 Å². The monoisotopic (exact) mass is 493 g/mol. The van der Waals surface area contributed by atoms with Crippen molar-refractivity contribution < 1.29 is 14.3 Å². The molecule has 0 unspecified atom stereocenters. The molecule has 0 saturated carbocycles. The van der Waals surface area contributed by atoms with Crippen molar-refractivity contribution in [1.82, 2.24) is 4.90 Å². The largest absolute Gasteiger partial charge is 0.478 e. The molecule has 2 aliphatic heterocycles. The number of nitrogens with zero attached hydrogens (tertiary/aromatic N) is 1. The van der Waals surface area contributed by atoms with E-state index in [4.69, 9.17) is 32.7 Å². The van der Waals surface area contributed by atoms with Crippen LogP contribution in [0.3, 0.4) is 0 Å². The standard InChI is InChI=1S/C28H25Cl2NO3/c1-16(2)20-7-4-18(5-8-20)12-25-27(32)26-17(3)10-24-21(28(26)34-25)14-31(15-33-24)13-19-6-9-22(29)23(30)11-19/h4-12,16H,13-15H2,1-3H3/b25-12-. The number of hydrogen-bond donors (Lipinski definition) is 0. The number of fused-ring (bicyclic) bond motifs is 3. The number of Topliss-reactive ketones (excluding diaryl/α,β-unsaturated/α-hetero) is 1. The average molecular weight is 494 g/mol. The van der Waals surface area contributed by atoms with Gasteiger partial charge in [0, 0.05) is 13.1 Å². The van der Waals surface area contributed by atoms with Gasteiger partial charge in [0.15, 0.2) is 5.76 Å². The third-order valence-electron chi connectivity index (χ3n) is 6.28. The fraction of sp³-hybridized carbons (Fsp3) is 0.250. The highest BCUT2D eigenvalue weighted by atomic mass is 35.5. The van der Waals surface area contributed by atoms with Gasteiger partial charge in [-0.15, -0.1) is 0 Å². The van der Waals surface area contributed by atoms with Crippen LogP contribution < -0.4 is 9.47 Å². The van der Waals surface area contributed by atoms with Crippen LogP contribution in [0.2, 0.25) is 10.0 Å². The number of carbonyl (C=O) groups excluding carboxylic acids is 1. The highest BCUT2D eigenvalue weighted by Gasteiger charge is 2.35. The second kappa shape index (κ2) is 9.10. The van der Waals surface area contributed by atoms with Crippen LogP contribution in [0.4, 0.5) is 0 Å². The third-order valence-corrected chi connectivity index (χ3v) is 7.02. The first kappa shape index (κ1) is 23.0.